The van der Waals surface area contributed by atoms with Gasteiger partial charge in [-0.3, -0.25) is 4.99 Å². The Morgan fingerprint density at radius 1 is 1.13 bits per heavy atom. The van der Waals surface area contributed by atoms with Gasteiger partial charge in [-0.05, 0) is 61.9 Å². The molecule has 6 heteroatoms. The largest absolute Gasteiger partial charge is 0.494 e. The van der Waals surface area contributed by atoms with Crippen LogP contribution in [-0.2, 0) is 0 Å². The fourth-order valence-corrected chi connectivity index (χ4v) is 4.62. The van der Waals surface area contributed by atoms with Crippen molar-refractivity contribution >= 4 is 28.5 Å². The molecule has 0 bridgehead atoms. The Labute approximate surface area is 173 Å². The van der Waals surface area contributed by atoms with Crippen LogP contribution in [0.15, 0.2) is 53.0 Å². The molecule has 0 spiro atoms. The molecule has 30 heavy (non-hydrogen) atoms. The number of anilines is 1. The molecule has 3 aromatic rings. The van der Waals surface area contributed by atoms with E-state index >= 15 is 0 Å². The monoisotopic (exact) mass is 407 g/mol. The van der Waals surface area contributed by atoms with Crippen LogP contribution in [-0.4, -0.2) is 29.4 Å². The summed E-state index contributed by atoms with van der Waals surface area (Å²) in [4.78, 5) is 9.19. The summed E-state index contributed by atoms with van der Waals surface area (Å²) < 4.78 is 28.4. The van der Waals surface area contributed by atoms with Gasteiger partial charge >= 0.3 is 0 Å². The van der Waals surface area contributed by atoms with Crippen LogP contribution in [0.2, 0.25) is 0 Å². The summed E-state index contributed by atoms with van der Waals surface area (Å²) in [6.07, 6.45) is 8.46. The summed E-state index contributed by atoms with van der Waals surface area (Å²) in [5.41, 5.74) is 3.46. The maximum Gasteiger partial charge on any atom is 0.198 e. The molecule has 0 saturated carbocycles. The van der Waals surface area contributed by atoms with Gasteiger partial charge in [0.15, 0.2) is 5.88 Å². The average Bonchev–Trinajstić information content (AvgIpc) is 3.06. The topological polar surface area (TPSA) is 51.6 Å². The van der Waals surface area contributed by atoms with Crippen LogP contribution in [0.4, 0.5) is 20.2 Å². The molecule has 154 valence electrons. The molecular weight excluding hydrogens is 384 g/mol. The fourth-order valence-electron chi connectivity index (χ4n) is 4.62. The summed E-state index contributed by atoms with van der Waals surface area (Å²) in [6.45, 7) is 1.65. The van der Waals surface area contributed by atoms with E-state index in [0.717, 1.165) is 25.9 Å². The van der Waals surface area contributed by atoms with Gasteiger partial charge in [-0.1, -0.05) is 11.6 Å². The lowest BCUT2D eigenvalue weighted by Gasteiger charge is -2.37. The van der Waals surface area contributed by atoms with E-state index in [9.17, 15) is 13.9 Å². The number of allylic oxidation sites excluding steroid dienone is 1. The van der Waals surface area contributed by atoms with Gasteiger partial charge in [0.2, 0.25) is 0 Å². The second-order valence-corrected chi connectivity index (χ2v) is 8.09. The molecule has 1 unspecified atom stereocenters. The Morgan fingerprint density at radius 3 is 2.90 bits per heavy atom. The van der Waals surface area contributed by atoms with Crippen molar-refractivity contribution in [2.75, 3.05) is 18.0 Å². The van der Waals surface area contributed by atoms with E-state index in [-0.39, 0.29) is 11.7 Å². The highest BCUT2D eigenvalue weighted by Crippen LogP contribution is 2.35. The third-order valence-corrected chi connectivity index (χ3v) is 6.20. The van der Waals surface area contributed by atoms with E-state index < -0.39 is 5.82 Å². The number of fused-ring (bicyclic) bond motifs is 2. The predicted octanol–water partition coefficient (Wildman–Crippen LogP) is 5.84. The van der Waals surface area contributed by atoms with E-state index in [1.165, 1.54) is 42.8 Å². The number of aromatic nitrogens is 1. The van der Waals surface area contributed by atoms with Gasteiger partial charge in [0.05, 0.1) is 16.9 Å². The Kier molecular flexibility index (Phi) is 4.77. The highest BCUT2D eigenvalue weighted by Gasteiger charge is 2.26. The molecule has 2 aromatic carbocycles. The third kappa shape index (κ3) is 3.47. The van der Waals surface area contributed by atoms with Crippen molar-refractivity contribution in [2.45, 2.75) is 25.7 Å². The summed E-state index contributed by atoms with van der Waals surface area (Å²) in [5, 5.41) is 10.6. The molecule has 2 N–H and O–H groups in total. The van der Waals surface area contributed by atoms with Crippen LogP contribution >= 0.6 is 0 Å². The minimum atomic E-state index is -0.400. The Bertz CT molecular complexity index is 1160. The van der Waals surface area contributed by atoms with Crippen molar-refractivity contribution in [3.63, 3.8) is 0 Å². The Hall–Kier alpha value is -3.15. The smallest absolute Gasteiger partial charge is 0.198 e. The van der Waals surface area contributed by atoms with Gasteiger partial charge in [0.1, 0.15) is 11.6 Å². The maximum atomic E-state index is 14.9. The number of benzene rings is 2. The highest BCUT2D eigenvalue weighted by atomic mass is 19.1. The molecule has 2 aliphatic rings. The van der Waals surface area contributed by atoms with Crippen molar-refractivity contribution in [1.29, 1.82) is 0 Å². The number of aromatic amines is 1. The summed E-state index contributed by atoms with van der Waals surface area (Å²) >= 11 is 0. The molecule has 1 aromatic heterocycles. The molecule has 1 fully saturated rings. The number of hydrogen-bond acceptors (Lipinski definition) is 3. The van der Waals surface area contributed by atoms with Crippen LogP contribution in [0.1, 0.15) is 31.2 Å². The van der Waals surface area contributed by atoms with Crippen LogP contribution in [0.3, 0.4) is 0 Å². The molecule has 0 amide bonds. The van der Waals surface area contributed by atoms with E-state index in [4.69, 9.17) is 0 Å². The second kappa shape index (κ2) is 7.59. The molecule has 2 heterocycles. The minimum Gasteiger partial charge on any atom is -0.494 e. The second-order valence-electron chi connectivity index (χ2n) is 8.09. The first-order valence-electron chi connectivity index (χ1n) is 10.4. The van der Waals surface area contributed by atoms with Gasteiger partial charge in [-0.25, -0.2) is 8.78 Å². The lowest BCUT2D eigenvalue weighted by atomic mass is 9.82. The average molecular weight is 407 g/mol. The van der Waals surface area contributed by atoms with E-state index in [1.54, 1.807) is 18.2 Å². The Balaban J connectivity index is 1.38. The maximum absolute atomic E-state index is 14.9. The van der Waals surface area contributed by atoms with Crippen molar-refractivity contribution in [3.8, 4) is 5.88 Å². The number of nitrogens with one attached hydrogen (secondary N) is 1. The molecule has 1 aliphatic carbocycles. The summed E-state index contributed by atoms with van der Waals surface area (Å²) in [6, 6.07) is 9.14. The van der Waals surface area contributed by atoms with Crippen molar-refractivity contribution in [3.05, 3.63) is 65.2 Å². The van der Waals surface area contributed by atoms with E-state index in [1.807, 2.05) is 0 Å². The van der Waals surface area contributed by atoms with Crippen LogP contribution in [0, 0.1) is 17.6 Å². The molecule has 1 atom stereocenters. The number of hydrogen-bond donors (Lipinski definition) is 2. The quantitative estimate of drug-likeness (QED) is 0.423. The van der Waals surface area contributed by atoms with E-state index in [0.29, 0.717) is 33.8 Å². The van der Waals surface area contributed by atoms with Crippen LogP contribution in [0.5, 0.6) is 5.88 Å². The zero-order chi connectivity index (χ0) is 20.7. The van der Waals surface area contributed by atoms with Gasteiger partial charge < -0.3 is 15.0 Å². The van der Waals surface area contributed by atoms with Crippen molar-refractivity contribution < 1.29 is 13.9 Å². The fraction of sp³-hybridized carbons (Fsp3) is 0.292. The number of aromatic hydroxyl groups is 1. The highest BCUT2D eigenvalue weighted by molar-refractivity contribution is 6.02. The third-order valence-electron chi connectivity index (χ3n) is 6.20. The number of halogens is 2. The van der Waals surface area contributed by atoms with Gasteiger partial charge in [-0.15, -0.1) is 0 Å². The van der Waals surface area contributed by atoms with E-state index in [2.05, 4.69) is 21.0 Å². The number of nitrogens with zero attached hydrogens (tertiary/aromatic N) is 2. The molecule has 0 radical (unpaired) electrons. The van der Waals surface area contributed by atoms with Gasteiger partial charge in [-0.2, -0.15) is 0 Å². The minimum absolute atomic E-state index is 0.0972. The first-order chi connectivity index (χ1) is 14.6. The number of aliphatic imine (C=N–C) groups is 1. The standard InChI is InChI=1S/C24H23F2N3O/c25-17-5-7-22-19(11-17)20(24(30)28-22)13-27-18-6-8-23(21(26)12-18)29-10-9-15-3-1-2-4-16(15)14-29/h4-8,11-13,15,28,30H,1-3,9-10,14H2. The molecule has 1 saturated heterocycles. The summed E-state index contributed by atoms with van der Waals surface area (Å²) in [7, 11) is 0. The summed E-state index contributed by atoms with van der Waals surface area (Å²) in [5.74, 6) is -0.146. The lowest BCUT2D eigenvalue weighted by molar-refractivity contribution is 0.436. The van der Waals surface area contributed by atoms with Crippen LogP contribution in [0.25, 0.3) is 10.9 Å². The molecular formula is C24H23F2N3O. The zero-order valence-corrected chi connectivity index (χ0v) is 16.5. The molecule has 1 aliphatic heterocycles. The Morgan fingerprint density at radius 2 is 2.03 bits per heavy atom. The predicted molar refractivity (Wildman–Crippen MR) is 116 cm³/mol. The number of rotatable bonds is 3. The number of piperidine rings is 1. The lowest BCUT2D eigenvalue weighted by Crippen LogP contribution is -2.36. The van der Waals surface area contributed by atoms with Crippen LogP contribution < -0.4 is 4.90 Å². The van der Waals surface area contributed by atoms with Gasteiger partial charge in [0.25, 0.3) is 0 Å². The zero-order valence-electron chi connectivity index (χ0n) is 16.5. The number of H-pyrrole nitrogens is 1. The van der Waals surface area contributed by atoms with Crippen molar-refractivity contribution in [2.24, 2.45) is 10.9 Å². The first kappa shape index (κ1) is 18.9. The first-order valence-corrected chi connectivity index (χ1v) is 10.4. The molecule has 4 nitrogen and oxygen atoms in total. The normalized spacial score (nSPS) is 19.3. The van der Waals surface area contributed by atoms with Crippen molar-refractivity contribution in [1.82, 2.24) is 4.98 Å². The SMILES string of the molecule is Oc1[nH]c2ccc(F)cc2c1C=Nc1ccc(N2CCC3CCCC=C3C2)c(F)c1. The van der Waals surface area contributed by atoms with Gasteiger partial charge in [0, 0.05) is 36.3 Å². The molecule has 5 rings (SSSR count).